The Morgan fingerprint density at radius 2 is 2.06 bits per heavy atom. The molecule has 11 heteroatoms. The maximum atomic E-state index is 13.1. The number of aryl methyl sites for hydroxylation is 1. The van der Waals surface area contributed by atoms with E-state index in [0.29, 0.717) is 17.4 Å². The van der Waals surface area contributed by atoms with Gasteiger partial charge < -0.3 is 15.6 Å². The highest BCUT2D eigenvalue weighted by Crippen LogP contribution is 2.45. The molecule has 2 aromatic heterocycles. The predicted octanol–water partition coefficient (Wildman–Crippen LogP) is 3.19. The lowest BCUT2D eigenvalue weighted by Gasteiger charge is -2.34. The third-order valence-corrected chi connectivity index (χ3v) is 6.26. The van der Waals surface area contributed by atoms with Crippen molar-refractivity contribution in [1.29, 1.82) is 0 Å². The van der Waals surface area contributed by atoms with Crippen molar-refractivity contribution in [3.63, 3.8) is 0 Å². The molecule has 5 rings (SSSR count). The molecule has 0 saturated heterocycles. The largest absolute Gasteiger partial charge is 0.349 e. The Hall–Kier alpha value is -3.37. The second-order valence-corrected chi connectivity index (χ2v) is 9.06. The average Bonchev–Trinajstić information content (AvgIpc) is 3.36. The van der Waals surface area contributed by atoms with Crippen LogP contribution >= 0.6 is 0 Å². The monoisotopic (exact) mass is 458 g/mol. The Labute approximate surface area is 187 Å². The molecule has 0 radical (unpaired) electrons. The van der Waals surface area contributed by atoms with Crippen LogP contribution in [-0.2, 0) is 11.3 Å². The number of carbonyl (C=O) groups is 2. The fourth-order valence-corrected chi connectivity index (χ4v) is 4.37. The summed E-state index contributed by atoms with van der Waals surface area (Å²) in [4.78, 5) is 32.4. The summed E-state index contributed by atoms with van der Waals surface area (Å²) in [7, 11) is 0. The van der Waals surface area contributed by atoms with Gasteiger partial charge in [-0.1, -0.05) is 11.2 Å². The first kappa shape index (κ1) is 21.5. The number of aromatic nitrogens is 4. The van der Waals surface area contributed by atoms with Gasteiger partial charge in [0.1, 0.15) is 11.5 Å². The first-order chi connectivity index (χ1) is 15.8. The normalized spacial score (nSPS) is 18.6. The van der Waals surface area contributed by atoms with E-state index in [1.807, 2.05) is 18.2 Å². The first-order valence-corrected chi connectivity index (χ1v) is 11.0. The summed E-state index contributed by atoms with van der Waals surface area (Å²) in [5.41, 5.74) is 3.00. The molecule has 2 aliphatic carbocycles. The fourth-order valence-electron chi connectivity index (χ4n) is 4.37. The summed E-state index contributed by atoms with van der Waals surface area (Å²) in [6.45, 7) is 1.80. The summed E-state index contributed by atoms with van der Waals surface area (Å²) >= 11 is 0. The van der Waals surface area contributed by atoms with Gasteiger partial charge in [0.05, 0.1) is 23.6 Å². The molecule has 1 atom stereocenters. The molecular formula is C22H24F2N6O3. The topological polar surface area (TPSA) is 126 Å². The standard InChI is InChI=1S/C22H24F2N6O3/c1-11-19(30-33-29-11)21(32)25-10-17-26-15-5-4-14(7-16(15)27-17)20(13-2-3-13)28-18(31)6-12-8-22(23,24)9-12/h4-5,7,12-13,20H,2-3,6,8-10H2,1H3,(H,25,32)(H,26,27)(H,28,31). The molecule has 2 aliphatic rings. The van der Waals surface area contributed by atoms with E-state index in [-0.39, 0.29) is 49.4 Å². The molecule has 174 valence electrons. The lowest BCUT2D eigenvalue weighted by molar-refractivity contribution is -0.134. The first-order valence-electron chi connectivity index (χ1n) is 11.0. The smallest absolute Gasteiger partial charge is 0.275 e. The molecular weight excluding hydrogens is 434 g/mol. The zero-order valence-electron chi connectivity index (χ0n) is 18.0. The zero-order valence-corrected chi connectivity index (χ0v) is 18.0. The average molecular weight is 458 g/mol. The maximum absolute atomic E-state index is 13.1. The van der Waals surface area contributed by atoms with Crippen molar-refractivity contribution in [1.82, 2.24) is 30.9 Å². The number of nitrogens with zero attached hydrogens (tertiary/aromatic N) is 3. The minimum atomic E-state index is -2.62. The van der Waals surface area contributed by atoms with E-state index in [1.54, 1.807) is 6.92 Å². The van der Waals surface area contributed by atoms with Gasteiger partial charge in [-0.2, -0.15) is 0 Å². The SMILES string of the molecule is Cc1nonc1C(=O)NCc1nc2ccc(C(NC(=O)CC3CC(F)(F)C3)C3CC3)cc2[nH]1. The van der Waals surface area contributed by atoms with Gasteiger partial charge in [0, 0.05) is 19.3 Å². The zero-order chi connectivity index (χ0) is 23.2. The number of amides is 2. The molecule has 2 fully saturated rings. The number of carbonyl (C=O) groups excluding carboxylic acids is 2. The van der Waals surface area contributed by atoms with Gasteiger partial charge in [-0.25, -0.2) is 18.4 Å². The van der Waals surface area contributed by atoms with Crippen LogP contribution in [0.25, 0.3) is 11.0 Å². The molecule has 9 nitrogen and oxygen atoms in total. The number of fused-ring (bicyclic) bond motifs is 1. The van der Waals surface area contributed by atoms with Gasteiger partial charge in [0.15, 0.2) is 5.69 Å². The summed E-state index contributed by atoms with van der Waals surface area (Å²) in [6.07, 6.45) is 1.75. The maximum Gasteiger partial charge on any atom is 0.275 e. The summed E-state index contributed by atoms with van der Waals surface area (Å²) in [6, 6.07) is 5.58. The lowest BCUT2D eigenvalue weighted by Crippen LogP contribution is -2.39. The molecule has 0 bridgehead atoms. The third kappa shape index (κ3) is 4.71. The van der Waals surface area contributed by atoms with Crippen LogP contribution in [0.15, 0.2) is 22.8 Å². The molecule has 2 heterocycles. The van der Waals surface area contributed by atoms with E-state index in [4.69, 9.17) is 0 Å². The van der Waals surface area contributed by atoms with Crippen LogP contribution in [0.1, 0.15) is 65.7 Å². The van der Waals surface area contributed by atoms with E-state index in [0.717, 1.165) is 29.4 Å². The van der Waals surface area contributed by atoms with Crippen molar-refractivity contribution in [3.05, 3.63) is 41.0 Å². The number of alkyl halides is 2. The van der Waals surface area contributed by atoms with Crippen molar-refractivity contribution < 1.29 is 23.0 Å². The number of aromatic amines is 1. The molecule has 0 aliphatic heterocycles. The van der Waals surface area contributed by atoms with Crippen LogP contribution in [0.5, 0.6) is 0 Å². The Bertz CT molecular complexity index is 1190. The van der Waals surface area contributed by atoms with Gasteiger partial charge >= 0.3 is 0 Å². The molecule has 2 amide bonds. The summed E-state index contributed by atoms with van der Waals surface area (Å²) in [5.74, 6) is -2.54. The quantitative estimate of drug-likeness (QED) is 0.476. The van der Waals surface area contributed by atoms with Crippen LogP contribution in [0.3, 0.4) is 0 Å². The van der Waals surface area contributed by atoms with Crippen LogP contribution in [-0.4, -0.2) is 38.0 Å². The number of imidazole rings is 1. The molecule has 3 N–H and O–H groups in total. The second-order valence-electron chi connectivity index (χ2n) is 9.06. The Balaban J connectivity index is 1.24. The second kappa shape index (κ2) is 8.20. The van der Waals surface area contributed by atoms with E-state index in [9.17, 15) is 18.4 Å². The Morgan fingerprint density at radius 1 is 1.27 bits per heavy atom. The molecule has 3 aromatic rings. The lowest BCUT2D eigenvalue weighted by atomic mass is 9.79. The fraction of sp³-hybridized carbons (Fsp3) is 0.500. The van der Waals surface area contributed by atoms with E-state index in [2.05, 4.69) is 35.5 Å². The number of rotatable bonds is 8. The third-order valence-electron chi connectivity index (χ3n) is 6.26. The van der Waals surface area contributed by atoms with Crippen LogP contribution in [0.2, 0.25) is 0 Å². The van der Waals surface area contributed by atoms with Crippen molar-refractivity contribution >= 4 is 22.8 Å². The number of hydrogen-bond donors (Lipinski definition) is 3. The molecule has 1 unspecified atom stereocenters. The minimum absolute atomic E-state index is 0.127. The van der Waals surface area contributed by atoms with Crippen LogP contribution in [0, 0.1) is 18.8 Å². The number of H-pyrrole nitrogens is 1. The Kier molecular flexibility index (Phi) is 5.34. The van der Waals surface area contributed by atoms with Crippen LogP contribution in [0.4, 0.5) is 8.78 Å². The van der Waals surface area contributed by atoms with Gasteiger partial charge in [-0.05, 0) is 54.5 Å². The van der Waals surface area contributed by atoms with Crippen molar-refractivity contribution in [2.45, 2.75) is 57.5 Å². The van der Waals surface area contributed by atoms with Gasteiger partial charge in [-0.15, -0.1) is 0 Å². The molecule has 33 heavy (non-hydrogen) atoms. The van der Waals surface area contributed by atoms with E-state index in [1.165, 1.54) is 0 Å². The number of nitrogens with one attached hydrogen (secondary N) is 3. The summed E-state index contributed by atoms with van der Waals surface area (Å²) < 4.78 is 30.7. The van der Waals surface area contributed by atoms with Crippen LogP contribution < -0.4 is 10.6 Å². The number of halogens is 2. The number of benzene rings is 1. The number of hydrogen-bond acceptors (Lipinski definition) is 6. The van der Waals surface area contributed by atoms with E-state index < -0.39 is 11.8 Å². The summed E-state index contributed by atoms with van der Waals surface area (Å²) in [5, 5.41) is 13.0. The Morgan fingerprint density at radius 3 is 2.73 bits per heavy atom. The van der Waals surface area contributed by atoms with E-state index >= 15 is 0 Å². The highest BCUT2D eigenvalue weighted by atomic mass is 19.3. The molecule has 1 aromatic carbocycles. The van der Waals surface area contributed by atoms with Gasteiger partial charge in [-0.3, -0.25) is 9.59 Å². The van der Waals surface area contributed by atoms with Crippen molar-refractivity contribution in [2.24, 2.45) is 11.8 Å². The molecule has 0 spiro atoms. The van der Waals surface area contributed by atoms with Gasteiger partial charge in [0.2, 0.25) is 11.8 Å². The van der Waals surface area contributed by atoms with Gasteiger partial charge in [0.25, 0.3) is 5.91 Å². The highest BCUT2D eigenvalue weighted by Gasteiger charge is 2.46. The van der Waals surface area contributed by atoms with Crippen molar-refractivity contribution in [3.8, 4) is 0 Å². The minimum Gasteiger partial charge on any atom is -0.349 e. The van der Waals surface area contributed by atoms with Crippen molar-refractivity contribution in [2.75, 3.05) is 0 Å². The molecule has 2 saturated carbocycles. The highest BCUT2D eigenvalue weighted by molar-refractivity contribution is 5.92. The predicted molar refractivity (Wildman–Crippen MR) is 112 cm³/mol.